The van der Waals surface area contributed by atoms with E-state index in [9.17, 15) is 0 Å². The van der Waals surface area contributed by atoms with E-state index in [-0.39, 0.29) is 6.04 Å². The number of fused-ring (bicyclic) bond motifs is 1. The Hall–Kier alpha value is -1.46. The number of hydrogen-bond donors (Lipinski definition) is 1. The Morgan fingerprint density at radius 1 is 1.18 bits per heavy atom. The largest absolute Gasteiger partial charge is 0.362 e. The minimum atomic E-state index is 0.271. The lowest BCUT2D eigenvalue weighted by Gasteiger charge is -2.13. The predicted molar refractivity (Wildman–Crippen MR) is 73.8 cm³/mol. The summed E-state index contributed by atoms with van der Waals surface area (Å²) in [5.41, 5.74) is 0. The molecule has 0 radical (unpaired) electrons. The third-order valence-electron chi connectivity index (χ3n) is 2.58. The average Bonchev–Trinajstić information content (AvgIpc) is 3.00. The van der Waals surface area contributed by atoms with Crippen LogP contribution in [0.4, 0.5) is 5.82 Å². The van der Waals surface area contributed by atoms with Crippen LogP contribution in [0.1, 0.15) is 17.8 Å². The lowest BCUT2D eigenvalue weighted by molar-refractivity contribution is 0.898. The van der Waals surface area contributed by atoms with Crippen LogP contribution in [0.2, 0.25) is 0 Å². The molecule has 3 aromatic heterocycles. The molecule has 0 aliphatic heterocycles. The minimum Gasteiger partial charge on any atom is -0.362 e. The van der Waals surface area contributed by atoms with Crippen molar-refractivity contribution in [3.63, 3.8) is 0 Å². The lowest BCUT2D eigenvalue weighted by Crippen LogP contribution is -2.06. The van der Waals surface area contributed by atoms with Gasteiger partial charge in [-0.3, -0.25) is 0 Å². The molecule has 0 bridgehead atoms. The normalized spacial score (nSPS) is 12.8. The quantitative estimate of drug-likeness (QED) is 0.776. The molecule has 1 atom stereocenters. The zero-order valence-corrected chi connectivity index (χ0v) is 10.9. The molecule has 0 fully saturated rings. The second kappa shape index (κ2) is 4.43. The highest BCUT2D eigenvalue weighted by atomic mass is 32.1. The Balaban J connectivity index is 1.92. The SMILES string of the molecule is C[C@@H](Nc1ncnc2sccc12)c1cccs1. The highest BCUT2D eigenvalue weighted by Crippen LogP contribution is 2.28. The zero-order valence-electron chi connectivity index (χ0n) is 9.25. The molecule has 0 aliphatic carbocycles. The Labute approximate surface area is 107 Å². The molecule has 0 amide bonds. The fourth-order valence-electron chi connectivity index (χ4n) is 1.72. The maximum Gasteiger partial charge on any atom is 0.138 e. The summed E-state index contributed by atoms with van der Waals surface area (Å²) in [5, 5.41) is 8.67. The second-order valence-electron chi connectivity index (χ2n) is 3.74. The predicted octanol–water partition coefficient (Wildman–Crippen LogP) is 3.93. The van der Waals surface area contributed by atoms with Crippen LogP contribution in [0.25, 0.3) is 10.2 Å². The van der Waals surface area contributed by atoms with Gasteiger partial charge in [0.05, 0.1) is 11.4 Å². The number of hydrogen-bond acceptors (Lipinski definition) is 5. The van der Waals surface area contributed by atoms with E-state index in [1.54, 1.807) is 29.0 Å². The fourth-order valence-corrected chi connectivity index (χ4v) is 3.19. The van der Waals surface area contributed by atoms with E-state index in [2.05, 4.69) is 45.8 Å². The van der Waals surface area contributed by atoms with Gasteiger partial charge in [0.15, 0.2) is 0 Å². The highest BCUT2D eigenvalue weighted by molar-refractivity contribution is 7.16. The van der Waals surface area contributed by atoms with Crippen LogP contribution in [0.3, 0.4) is 0 Å². The van der Waals surface area contributed by atoms with E-state index in [4.69, 9.17) is 0 Å². The van der Waals surface area contributed by atoms with Crippen molar-refractivity contribution in [2.45, 2.75) is 13.0 Å². The number of nitrogens with one attached hydrogen (secondary N) is 1. The topological polar surface area (TPSA) is 37.8 Å². The first-order valence-corrected chi connectivity index (χ1v) is 7.08. The number of nitrogens with zero attached hydrogens (tertiary/aromatic N) is 2. The van der Waals surface area contributed by atoms with Gasteiger partial charge in [0.25, 0.3) is 0 Å². The molecular formula is C12H11N3S2. The molecule has 0 saturated carbocycles. The van der Waals surface area contributed by atoms with Gasteiger partial charge in [0.1, 0.15) is 17.0 Å². The van der Waals surface area contributed by atoms with Crippen molar-refractivity contribution in [1.29, 1.82) is 0 Å². The maximum absolute atomic E-state index is 4.32. The van der Waals surface area contributed by atoms with Gasteiger partial charge in [-0.05, 0) is 29.8 Å². The molecular weight excluding hydrogens is 250 g/mol. The molecule has 0 unspecified atom stereocenters. The summed E-state index contributed by atoms with van der Waals surface area (Å²) in [6, 6.07) is 6.53. The minimum absolute atomic E-state index is 0.271. The Morgan fingerprint density at radius 3 is 2.94 bits per heavy atom. The first kappa shape index (κ1) is 10.7. The fraction of sp³-hybridized carbons (Fsp3) is 0.167. The van der Waals surface area contributed by atoms with Crippen molar-refractivity contribution < 1.29 is 0 Å². The van der Waals surface area contributed by atoms with Crippen molar-refractivity contribution in [3.05, 3.63) is 40.2 Å². The Morgan fingerprint density at radius 2 is 2.12 bits per heavy atom. The number of rotatable bonds is 3. The van der Waals surface area contributed by atoms with Crippen LogP contribution >= 0.6 is 22.7 Å². The van der Waals surface area contributed by atoms with Crippen LogP contribution < -0.4 is 5.32 Å². The molecule has 17 heavy (non-hydrogen) atoms. The average molecular weight is 261 g/mol. The van der Waals surface area contributed by atoms with E-state index in [0.717, 1.165) is 16.0 Å². The van der Waals surface area contributed by atoms with Gasteiger partial charge in [-0.2, -0.15) is 0 Å². The van der Waals surface area contributed by atoms with Crippen molar-refractivity contribution >= 4 is 38.7 Å². The highest BCUT2D eigenvalue weighted by Gasteiger charge is 2.10. The summed E-state index contributed by atoms with van der Waals surface area (Å²) < 4.78 is 0. The van der Waals surface area contributed by atoms with Crippen LogP contribution in [0.5, 0.6) is 0 Å². The van der Waals surface area contributed by atoms with E-state index in [0.29, 0.717) is 0 Å². The molecule has 5 heteroatoms. The van der Waals surface area contributed by atoms with Gasteiger partial charge in [0, 0.05) is 4.88 Å². The van der Waals surface area contributed by atoms with Crippen molar-refractivity contribution in [1.82, 2.24) is 9.97 Å². The summed E-state index contributed by atoms with van der Waals surface area (Å²) >= 11 is 3.39. The third-order valence-corrected chi connectivity index (χ3v) is 4.46. The van der Waals surface area contributed by atoms with Gasteiger partial charge in [0.2, 0.25) is 0 Å². The molecule has 3 heterocycles. The van der Waals surface area contributed by atoms with Crippen molar-refractivity contribution in [3.8, 4) is 0 Å². The van der Waals surface area contributed by atoms with E-state index >= 15 is 0 Å². The summed E-state index contributed by atoms with van der Waals surface area (Å²) in [5.74, 6) is 0.914. The number of aromatic nitrogens is 2. The van der Waals surface area contributed by atoms with E-state index in [1.165, 1.54) is 4.88 Å². The first-order chi connectivity index (χ1) is 8.34. The van der Waals surface area contributed by atoms with Crippen molar-refractivity contribution in [2.24, 2.45) is 0 Å². The summed E-state index contributed by atoms with van der Waals surface area (Å²) in [7, 11) is 0. The molecule has 0 saturated heterocycles. The number of anilines is 1. The number of thiophene rings is 2. The smallest absolute Gasteiger partial charge is 0.138 e. The van der Waals surface area contributed by atoms with Crippen LogP contribution in [0, 0.1) is 0 Å². The Bertz CT molecular complexity index is 616. The molecule has 0 aliphatic rings. The summed E-state index contributed by atoms with van der Waals surface area (Å²) in [6.45, 7) is 2.14. The summed E-state index contributed by atoms with van der Waals surface area (Å²) in [6.07, 6.45) is 1.61. The van der Waals surface area contributed by atoms with Gasteiger partial charge in [-0.15, -0.1) is 22.7 Å². The standard InChI is InChI=1S/C12H11N3S2/c1-8(10-3-2-5-16-10)15-11-9-4-6-17-12(9)14-7-13-11/h2-8H,1H3,(H,13,14,15)/t8-/m1/s1. The van der Waals surface area contributed by atoms with Gasteiger partial charge in [-0.25, -0.2) is 9.97 Å². The van der Waals surface area contributed by atoms with Gasteiger partial charge >= 0.3 is 0 Å². The summed E-state index contributed by atoms with van der Waals surface area (Å²) in [4.78, 5) is 10.9. The second-order valence-corrected chi connectivity index (χ2v) is 5.62. The van der Waals surface area contributed by atoms with E-state index < -0.39 is 0 Å². The molecule has 3 rings (SSSR count). The van der Waals surface area contributed by atoms with Crippen molar-refractivity contribution in [2.75, 3.05) is 5.32 Å². The maximum atomic E-state index is 4.32. The molecule has 1 N–H and O–H groups in total. The van der Waals surface area contributed by atoms with Gasteiger partial charge in [-0.1, -0.05) is 6.07 Å². The molecule has 0 aromatic carbocycles. The Kier molecular flexibility index (Phi) is 2.78. The monoisotopic (exact) mass is 261 g/mol. The lowest BCUT2D eigenvalue weighted by atomic mass is 10.2. The first-order valence-electron chi connectivity index (χ1n) is 5.33. The van der Waals surface area contributed by atoms with Gasteiger partial charge < -0.3 is 5.32 Å². The van der Waals surface area contributed by atoms with Crippen LogP contribution in [-0.2, 0) is 0 Å². The third kappa shape index (κ3) is 2.03. The molecule has 86 valence electrons. The molecule has 0 spiro atoms. The van der Waals surface area contributed by atoms with E-state index in [1.807, 2.05) is 5.38 Å². The van der Waals surface area contributed by atoms with Crippen LogP contribution in [-0.4, -0.2) is 9.97 Å². The molecule has 3 nitrogen and oxygen atoms in total. The molecule has 3 aromatic rings. The zero-order chi connectivity index (χ0) is 11.7. The van der Waals surface area contributed by atoms with Crippen LogP contribution in [0.15, 0.2) is 35.3 Å².